The van der Waals surface area contributed by atoms with Crippen LogP contribution in [0.4, 0.5) is 13.2 Å². The predicted molar refractivity (Wildman–Crippen MR) is 77.3 cm³/mol. The largest absolute Gasteiger partial charge is 0.416 e. The summed E-state index contributed by atoms with van der Waals surface area (Å²) < 4.78 is 42.8. The van der Waals surface area contributed by atoms with Crippen LogP contribution < -0.4 is 0 Å². The number of hydrogen-bond donors (Lipinski definition) is 0. The minimum absolute atomic E-state index is 0.471. The molecule has 1 aromatic heterocycles. The smallest absolute Gasteiger partial charge is 0.338 e. The van der Waals surface area contributed by atoms with E-state index >= 15 is 0 Å². The van der Waals surface area contributed by atoms with Gasteiger partial charge in [0.25, 0.3) is 0 Å². The highest BCUT2D eigenvalue weighted by molar-refractivity contribution is 5.24. The molecule has 0 amide bonds. The minimum Gasteiger partial charge on any atom is -0.338 e. The second-order valence-corrected chi connectivity index (χ2v) is 6.12. The van der Waals surface area contributed by atoms with Crippen LogP contribution in [0.5, 0.6) is 0 Å². The molecule has 1 saturated carbocycles. The van der Waals surface area contributed by atoms with E-state index in [4.69, 9.17) is 4.52 Å². The van der Waals surface area contributed by atoms with Gasteiger partial charge in [0.2, 0.25) is 5.89 Å². The van der Waals surface area contributed by atoms with E-state index in [0.717, 1.165) is 29.9 Å². The number of hydrogen-bond acceptors (Lipinski definition) is 4. The van der Waals surface area contributed by atoms with E-state index in [9.17, 15) is 13.2 Å². The molecule has 0 saturated heterocycles. The normalized spacial score (nSPS) is 15.3. The van der Waals surface area contributed by atoms with Gasteiger partial charge in [0.05, 0.1) is 12.1 Å². The molecule has 0 atom stereocenters. The Hall–Kier alpha value is -1.89. The molecule has 0 aliphatic heterocycles. The molecule has 0 spiro atoms. The lowest BCUT2D eigenvalue weighted by Gasteiger charge is -2.14. The van der Waals surface area contributed by atoms with Crippen molar-refractivity contribution < 1.29 is 17.7 Å². The first kappa shape index (κ1) is 16.0. The van der Waals surface area contributed by atoms with E-state index in [-0.39, 0.29) is 0 Å². The summed E-state index contributed by atoms with van der Waals surface area (Å²) in [5, 5.41) is 3.96. The Morgan fingerprint density at radius 3 is 2.48 bits per heavy atom. The highest BCUT2D eigenvalue weighted by atomic mass is 19.4. The molecule has 7 heteroatoms. The van der Waals surface area contributed by atoms with Crippen molar-refractivity contribution in [3.05, 3.63) is 47.1 Å². The maximum absolute atomic E-state index is 12.5. The summed E-state index contributed by atoms with van der Waals surface area (Å²) in [6, 6.07) is 5.19. The van der Waals surface area contributed by atoms with Crippen LogP contribution in [-0.4, -0.2) is 22.1 Å². The first-order valence-electron chi connectivity index (χ1n) is 7.56. The van der Waals surface area contributed by atoms with Crippen LogP contribution in [0, 0.1) is 5.92 Å². The van der Waals surface area contributed by atoms with Crippen molar-refractivity contribution in [3.8, 4) is 0 Å². The highest BCUT2D eigenvalue weighted by Gasteiger charge is 2.30. The first-order valence-corrected chi connectivity index (χ1v) is 7.56. The Bertz CT molecular complexity index is 647. The number of alkyl halides is 3. The van der Waals surface area contributed by atoms with Gasteiger partial charge in [0, 0.05) is 13.0 Å². The molecule has 0 N–H and O–H groups in total. The monoisotopic (exact) mass is 325 g/mol. The Labute approximate surface area is 132 Å². The topological polar surface area (TPSA) is 42.2 Å². The fourth-order valence-corrected chi connectivity index (χ4v) is 2.42. The van der Waals surface area contributed by atoms with E-state index in [1.165, 1.54) is 25.0 Å². The van der Waals surface area contributed by atoms with E-state index < -0.39 is 11.7 Å². The van der Waals surface area contributed by atoms with E-state index in [1.807, 2.05) is 11.9 Å². The van der Waals surface area contributed by atoms with Crippen LogP contribution in [0.3, 0.4) is 0 Å². The van der Waals surface area contributed by atoms with Crippen LogP contribution in [-0.2, 0) is 25.7 Å². The molecule has 1 heterocycles. The van der Waals surface area contributed by atoms with Gasteiger partial charge in [-0.15, -0.1) is 0 Å². The average molecular weight is 325 g/mol. The maximum atomic E-state index is 12.5. The maximum Gasteiger partial charge on any atom is 0.416 e. The van der Waals surface area contributed by atoms with Crippen molar-refractivity contribution in [2.45, 2.75) is 38.5 Å². The molecule has 1 aliphatic carbocycles. The van der Waals surface area contributed by atoms with Gasteiger partial charge in [-0.2, -0.15) is 18.2 Å². The molecule has 3 rings (SSSR count). The fraction of sp³-hybridized carbons (Fsp3) is 0.500. The zero-order chi connectivity index (χ0) is 16.4. The summed E-state index contributed by atoms with van der Waals surface area (Å²) in [6.45, 7) is 0.983. The molecule has 0 radical (unpaired) electrons. The summed E-state index contributed by atoms with van der Waals surface area (Å²) in [5.74, 6) is 1.98. The predicted octanol–water partition coefficient (Wildman–Crippen LogP) is 3.67. The van der Waals surface area contributed by atoms with Crippen molar-refractivity contribution in [2.24, 2.45) is 5.92 Å². The van der Waals surface area contributed by atoms with Gasteiger partial charge in [-0.3, -0.25) is 4.90 Å². The molecule has 0 unspecified atom stereocenters. The minimum atomic E-state index is -4.30. The second-order valence-electron chi connectivity index (χ2n) is 6.12. The third kappa shape index (κ3) is 4.54. The third-order valence-corrected chi connectivity index (χ3v) is 3.82. The van der Waals surface area contributed by atoms with Crippen molar-refractivity contribution in [2.75, 3.05) is 7.05 Å². The lowest BCUT2D eigenvalue weighted by atomic mass is 10.1. The van der Waals surface area contributed by atoms with Gasteiger partial charge < -0.3 is 4.52 Å². The molecule has 4 nitrogen and oxygen atoms in total. The number of halogens is 3. The number of rotatable bonds is 6. The van der Waals surface area contributed by atoms with E-state index in [1.54, 1.807) is 0 Å². The van der Waals surface area contributed by atoms with Crippen molar-refractivity contribution in [1.82, 2.24) is 15.0 Å². The molecule has 124 valence electrons. The summed E-state index contributed by atoms with van der Waals surface area (Å²) in [5.41, 5.74) is 0.170. The van der Waals surface area contributed by atoms with E-state index in [0.29, 0.717) is 24.9 Å². The van der Waals surface area contributed by atoms with Gasteiger partial charge in [0.15, 0.2) is 5.82 Å². The zero-order valence-electron chi connectivity index (χ0n) is 12.8. The SMILES string of the molecule is CN(Cc1ccc(C(F)(F)F)cc1)Cc1nc(CC2CC2)no1. The Morgan fingerprint density at radius 1 is 1.17 bits per heavy atom. The van der Waals surface area contributed by atoms with Crippen molar-refractivity contribution >= 4 is 0 Å². The number of benzene rings is 1. The van der Waals surface area contributed by atoms with Crippen LogP contribution >= 0.6 is 0 Å². The molecular weight excluding hydrogens is 307 g/mol. The van der Waals surface area contributed by atoms with Crippen LogP contribution in [0.15, 0.2) is 28.8 Å². The molecule has 1 fully saturated rings. The standard InChI is InChI=1S/C16H18F3N3O/c1-22(9-12-4-6-13(7-5-12)16(17,18)19)10-15-20-14(21-23-15)8-11-2-3-11/h4-7,11H,2-3,8-10H2,1H3. The average Bonchev–Trinajstić information content (AvgIpc) is 3.17. The fourth-order valence-electron chi connectivity index (χ4n) is 2.42. The van der Waals surface area contributed by atoms with Crippen LogP contribution in [0.1, 0.15) is 35.7 Å². The number of aromatic nitrogens is 2. The van der Waals surface area contributed by atoms with Crippen molar-refractivity contribution in [1.29, 1.82) is 0 Å². The van der Waals surface area contributed by atoms with Gasteiger partial charge in [-0.05, 0) is 43.5 Å². The van der Waals surface area contributed by atoms with Gasteiger partial charge in [-0.1, -0.05) is 17.3 Å². The lowest BCUT2D eigenvalue weighted by molar-refractivity contribution is -0.137. The summed E-state index contributed by atoms with van der Waals surface area (Å²) in [6.07, 6.45) is -0.965. The Kier molecular flexibility index (Phi) is 4.39. The Balaban J connectivity index is 1.54. The van der Waals surface area contributed by atoms with Crippen molar-refractivity contribution in [3.63, 3.8) is 0 Å². The van der Waals surface area contributed by atoms with Crippen LogP contribution in [0.25, 0.3) is 0 Å². The molecule has 1 aromatic carbocycles. The lowest BCUT2D eigenvalue weighted by Crippen LogP contribution is -2.17. The molecule has 23 heavy (non-hydrogen) atoms. The van der Waals surface area contributed by atoms with Gasteiger partial charge in [0.1, 0.15) is 0 Å². The number of nitrogens with zero attached hydrogens (tertiary/aromatic N) is 3. The summed E-state index contributed by atoms with van der Waals surface area (Å²) >= 11 is 0. The van der Waals surface area contributed by atoms with Gasteiger partial charge >= 0.3 is 6.18 Å². The summed E-state index contributed by atoms with van der Waals surface area (Å²) in [7, 11) is 1.86. The summed E-state index contributed by atoms with van der Waals surface area (Å²) in [4.78, 5) is 6.28. The third-order valence-electron chi connectivity index (χ3n) is 3.82. The molecule has 1 aliphatic rings. The Morgan fingerprint density at radius 2 is 1.87 bits per heavy atom. The molecular formula is C16H18F3N3O. The highest BCUT2D eigenvalue weighted by Crippen LogP contribution is 2.31. The second kappa shape index (κ2) is 6.31. The molecule has 0 bridgehead atoms. The van der Waals surface area contributed by atoms with E-state index in [2.05, 4.69) is 10.1 Å². The van der Waals surface area contributed by atoms with Crippen LogP contribution in [0.2, 0.25) is 0 Å². The quantitative estimate of drug-likeness (QED) is 0.812. The molecule has 2 aromatic rings. The zero-order valence-corrected chi connectivity index (χ0v) is 12.8. The first-order chi connectivity index (χ1) is 10.9. The van der Waals surface area contributed by atoms with Gasteiger partial charge in [-0.25, -0.2) is 0 Å².